The van der Waals surface area contributed by atoms with Crippen molar-refractivity contribution in [3.8, 4) is 11.8 Å². The third-order valence-corrected chi connectivity index (χ3v) is 4.50. The SMILES string of the molecule is COc1ccccc1CCNC(=O)CSc1nc(C)nc(C)c1C#N. The molecule has 0 saturated heterocycles. The summed E-state index contributed by atoms with van der Waals surface area (Å²) in [6, 6.07) is 9.83. The van der Waals surface area contributed by atoms with Crippen LogP contribution in [0.25, 0.3) is 0 Å². The lowest BCUT2D eigenvalue weighted by molar-refractivity contribution is -0.118. The van der Waals surface area contributed by atoms with E-state index in [1.165, 1.54) is 11.8 Å². The molecule has 0 bridgehead atoms. The summed E-state index contributed by atoms with van der Waals surface area (Å²) in [6.45, 7) is 4.06. The van der Waals surface area contributed by atoms with Crippen LogP contribution in [0, 0.1) is 25.2 Å². The number of hydrogen-bond donors (Lipinski definition) is 1. The second-order valence-corrected chi connectivity index (χ2v) is 6.31. The second-order valence-electron chi connectivity index (χ2n) is 5.35. The van der Waals surface area contributed by atoms with Crippen LogP contribution >= 0.6 is 11.8 Å². The fourth-order valence-electron chi connectivity index (χ4n) is 2.35. The number of nitrogens with one attached hydrogen (secondary N) is 1. The molecule has 6 nitrogen and oxygen atoms in total. The van der Waals surface area contributed by atoms with Gasteiger partial charge in [0.2, 0.25) is 5.91 Å². The van der Waals surface area contributed by atoms with Crippen LogP contribution < -0.4 is 10.1 Å². The van der Waals surface area contributed by atoms with E-state index in [0.717, 1.165) is 11.3 Å². The molecule has 1 heterocycles. The number of methoxy groups -OCH3 is 1. The average Bonchev–Trinajstić information content (AvgIpc) is 2.60. The molecule has 0 spiro atoms. The number of aromatic nitrogens is 2. The van der Waals surface area contributed by atoms with E-state index in [4.69, 9.17) is 4.74 Å². The monoisotopic (exact) mass is 356 g/mol. The van der Waals surface area contributed by atoms with Crippen molar-refractivity contribution in [1.82, 2.24) is 15.3 Å². The number of nitriles is 1. The predicted molar refractivity (Wildman–Crippen MR) is 96.7 cm³/mol. The number of benzene rings is 1. The Labute approximate surface area is 151 Å². The average molecular weight is 356 g/mol. The first-order valence-corrected chi connectivity index (χ1v) is 8.80. The van der Waals surface area contributed by atoms with Crippen LogP contribution in [-0.4, -0.2) is 35.3 Å². The van der Waals surface area contributed by atoms with Gasteiger partial charge >= 0.3 is 0 Å². The molecule has 25 heavy (non-hydrogen) atoms. The molecule has 0 aliphatic heterocycles. The van der Waals surface area contributed by atoms with Crippen LogP contribution in [0.1, 0.15) is 22.6 Å². The summed E-state index contributed by atoms with van der Waals surface area (Å²) < 4.78 is 5.29. The standard InChI is InChI=1S/C18H20N4O2S/c1-12-15(10-19)18(22-13(2)21-12)25-11-17(23)20-9-8-14-6-4-5-7-16(14)24-3/h4-7H,8-9,11H2,1-3H3,(H,20,23). The zero-order valence-electron chi connectivity index (χ0n) is 14.5. The number of aryl methyl sites for hydroxylation is 2. The summed E-state index contributed by atoms with van der Waals surface area (Å²) in [5.74, 6) is 1.52. The number of hydrogen-bond acceptors (Lipinski definition) is 6. The molecule has 2 rings (SSSR count). The van der Waals surface area contributed by atoms with Gasteiger partial charge in [-0.25, -0.2) is 9.97 Å². The minimum atomic E-state index is -0.0993. The highest BCUT2D eigenvalue weighted by Crippen LogP contribution is 2.22. The maximum Gasteiger partial charge on any atom is 0.230 e. The van der Waals surface area contributed by atoms with E-state index in [-0.39, 0.29) is 11.7 Å². The van der Waals surface area contributed by atoms with Crippen molar-refractivity contribution in [2.24, 2.45) is 0 Å². The van der Waals surface area contributed by atoms with Gasteiger partial charge in [0.25, 0.3) is 0 Å². The van der Waals surface area contributed by atoms with Crippen molar-refractivity contribution in [3.05, 3.63) is 46.9 Å². The highest BCUT2D eigenvalue weighted by atomic mass is 32.2. The van der Waals surface area contributed by atoms with Crippen molar-refractivity contribution in [1.29, 1.82) is 5.26 Å². The lowest BCUT2D eigenvalue weighted by Gasteiger charge is -2.09. The van der Waals surface area contributed by atoms with Gasteiger partial charge in [0, 0.05) is 6.54 Å². The summed E-state index contributed by atoms with van der Waals surface area (Å²) in [5, 5.41) is 12.6. The number of nitrogens with zero attached hydrogens (tertiary/aromatic N) is 3. The number of amides is 1. The van der Waals surface area contributed by atoms with Gasteiger partial charge in [-0.05, 0) is 31.9 Å². The van der Waals surface area contributed by atoms with E-state index in [1.54, 1.807) is 21.0 Å². The highest BCUT2D eigenvalue weighted by Gasteiger charge is 2.12. The largest absolute Gasteiger partial charge is 0.496 e. The molecule has 1 N–H and O–H groups in total. The minimum Gasteiger partial charge on any atom is -0.496 e. The van der Waals surface area contributed by atoms with Gasteiger partial charge in [-0.15, -0.1) is 0 Å². The Bertz CT molecular complexity index is 802. The lowest BCUT2D eigenvalue weighted by atomic mass is 10.1. The van der Waals surface area contributed by atoms with Crippen LogP contribution in [0.3, 0.4) is 0 Å². The molecule has 0 radical (unpaired) electrons. The maximum atomic E-state index is 12.0. The van der Waals surface area contributed by atoms with Crippen LogP contribution in [0.15, 0.2) is 29.3 Å². The smallest absolute Gasteiger partial charge is 0.230 e. The minimum absolute atomic E-state index is 0.0993. The van der Waals surface area contributed by atoms with Crippen molar-refractivity contribution in [3.63, 3.8) is 0 Å². The third kappa shape index (κ3) is 5.19. The van der Waals surface area contributed by atoms with Crippen molar-refractivity contribution < 1.29 is 9.53 Å². The van der Waals surface area contributed by atoms with Crippen molar-refractivity contribution >= 4 is 17.7 Å². The lowest BCUT2D eigenvalue weighted by Crippen LogP contribution is -2.27. The van der Waals surface area contributed by atoms with Crippen LogP contribution in [0.2, 0.25) is 0 Å². The summed E-state index contributed by atoms with van der Waals surface area (Å²) in [6.07, 6.45) is 0.690. The first kappa shape index (κ1) is 18.7. The molecule has 0 unspecified atom stereocenters. The Morgan fingerprint density at radius 3 is 2.80 bits per heavy atom. The number of ether oxygens (including phenoxy) is 1. The quantitative estimate of drug-likeness (QED) is 0.605. The molecule has 0 saturated carbocycles. The first-order valence-electron chi connectivity index (χ1n) is 7.82. The summed E-state index contributed by atoms with van der Waals surface area (Å²) >= 11 is 1.25. The number of carbonyl (C=O) groups is 1. The third-order valence-electron chi connectivity index (χ3n) is 3.53. The highest BCUT2D eigenvalue weighted by molar-refractivity contribution is 8.00. The second kappa shape index (κ2) is 9.04. The molecular formula is C18H20N4O2S. The molecule has 1 aromatic carbocycles. The predicted octanol–water partition coefficient (Wildman–Crippen LogP) is 2.42. The fourth-order valence-corrected chi connectivity index (χ4v) is 3.25. The topological polar surface area (TPSA) is 87.9 Å². The Morgan fingerprint density at radius 2 is 2.08 bits per heavy atom. The molecule has 2 aromatic rings. The molecule has 1 aromatic heterocycles. The first-order chi connectivity index (χ1) is 12.0. The number of rotatable bonds is 7. The van der Waals surface area contributed by atoms with Gasteiger partial charge in [-0.3, -0.25) is 4.79 Å². The number of thioether (sulfide) groups is 1. The molecule has 130 valence electrons. The van der Waals surface area contributed by atoms with Gasteiger partial charge in [-0.2, -0.15) is 5.26 Å². The molecule has 0 aliphatic carbocycles. The van der Waals surface area contributed by atoms with E-state index in [2.05, 4.69) is 21.4 Å². The Kier molecular flexibility index (Phi) is 6.78. The van der Waals surface area contributed by atoms with Crippen LogP contribution in [0.5, 0.6) is 5.75 Å². The van der Waals surface area contributed by atoms with Gasteiger partial charge in [0.1, 0.15) is 28.2 Å². The normalized spacial score (nSPS) is 10.2. The van der Waals surface area contributed by atoms with Gasteiger partial charge in [0.05, 0.1) is 18.6 Å². The summed E-state index contributed by atoms with van der Waals surface area (Å²) in [4.78, 5) is 20.5. The zero-order valence-corrected chi connectivity index (χ0v) is 15.3. The van der Waals surface area contributed by atoms with E-state index in [9.17, 15) is 10.1 Å². The van der Waals surface area contributed by atoms with Crippen molar-refractivity contribution in [2.45, 2.75) is 25.3 Å². The van der Waals surface area contributed by atoms with E-state index < -0.39 is 0 Å². The van der Waals surface area contributed by atoms with Crippen LogP contribution in [0.4, 0.5) is 0 Å². The summed E-state index contributed by atoms with van der Waals surface area (Å²) in [5.41, 5.74) is 2.11. The van der Waals surface area contributed by atoms with Gasteiger partial charge < -0.3 is 10.1 Å². The molecule has 0 aliphatic rings. The van der Waals surface area contributed by atoms with E-state index in [1.807, 2.05) is 24.3 Å². The summed E-state index contributed by atoms with van der Waals surface area (Å²) in [7, 11) is 1.63. The Morgan fingerprint density at radius 1 is 1.32 bits per heavy atom. The van der Waals surface area contributed by atoms with Crippen LogP contribution in [-0.2, 0) is 11.2 Å². The van der Waals surface area contributed by atoms with E-state index >= 15 is 0 Å². The maximum absolute atomic E-state index is 12.0. The van der Waals surface area contributed by atoms with Gasteiger partial charge in [0.15, 0.2) is 0 Å². The number of para-hydroxylation sites is 1. The van der Waals surface area contributed by atoms with Gasteiger partial charge in [-0.1, -0.05) is 30.0 Å². The van der Waals surface area contributed by atoms with Crippen molar-refractivity contribution in [2.75, 3.05) is 19.4 Å². The molecule has 1 amide bonds. The molecule has 0 atom stereocenters. The molecule has 7 heteroatoms. The Balaban J connectivity index is 1.87. The fraction of sp³-hybridized carbons (Fsp3) is 0.333. The number of carbonyl (C=O) groups excluding carboxylic acids is 1. The zero-order chi connectivity index (χ0) is 18.2. The molecular weight excluding hydrogens is 336 g/mol. The van der Waals surface area contributed by atoms with E-state index in [0.29, 0.717) is 35.1 Å². The Hall–Kier alpha value is -2.59. The molecule has 0 fully saturated rings.